The number of carbonyl (C=O) groups excluding carboxylic acids is 1. The zero-order chi connectivity index (χ0) is 20.1. The number of fused-ring (bicyclic) bond motifs is 1. The topological polar surface area (TPSA) is 66.5 Å². The molecule has 0 amide bonds. The number of rotatable bonds is 8. The minimum Gasteiger partial charge on any atom is -0.457 e. The summed E-state index contributed by atoms with van der Waals surface area (Å²) in [6.45, 7) is 2.63. The van der Waals surface area contributed by atoms with Crippen LogP contribution in [0.4, 0.5) is 0 Å². The molecule has 0 bridgehead atoms. The Kier molecular flexibility index (Phi) is 5.72. The minimum absolute atomic E-state index is 0.0537. The van der Waals surface area contributed by atoms with E-state index in [4.69, 9.17) is 19.3 Å². The van der Waals surface area contributed by atoms with E-state index in [0.29, 0.717) is 30.9 Å². The molecule has 0 spiro atoms. The Morgan fingerprint density at radius 2 is 1.83 bits per heavy atom. The van der Waals surface area contributed by atoms with Gasteiger partial charge < -0.3 is 4.42 Å². The van der Waals surface area contributed by atoms with E-state index in [9.17, 15) is 4.79 Å². The Balaban J connectivity index is 1.55. The van der Waals surface area contributed by atoms with Crippen LogP contribution in [-0.2, 0) is 27.7 Å². The molecular formula is C23H22N2O4. The molecule has 0 saturated heterocycles. The second-order valence-electron chi connectivity index (χ2n) is 6.74. The summed E-state index contributed by atoms with van der Waals surface area (Å²) in [5, 5.41) is 5.81. The number of aromatic nitrogens is 2. The van der Waals surface area contributed by atoms with E-state index < -0.39 is 0 Å². The summed E-state index contributed by atoms with van der Waals surface area (Å²) in [5.41, 5.74) is 2.98. The monoisotopic (exact) mass is 390 g/mol. The van der Waals surface area contributed by atoms with Gasteiger partial charge in [-0.25, -0.2) is 4.79 Å². The Labute approximate surface area is 168 Å². The van der Waals surface area contributed by atoms with Crippen LogP contribution in [0.3, 0.4) is 0 Å². The van der Waals surface area contributed by atoms with Gasteiger partial charge in [0, 0.05) is 11.8 Å². The van der Waals surface area contributed by atoms with Crippen molar-refractivity contribution >= 4 is 16.9 Å². The number of nitrogens with zero attached hydrogens (tertiary/aromatic N) is 2. The van der Waals surface area contributed by atoms with Crippen molar-refractivity contribution in [2.75, 3.05) is 0 Å². The second-order valence-corrected chi connectivity index (χ2v) is 6.74. The van der Waals surface area contributed by atoms with E-state index >= 15 is 0 Å². The van der Waals surface area contributed by atoms with E-state index in [1.165, 1.54) is 5.56 Å². The van der Waals surface area contributed by atoms with Crippen molar-refractivity contribution in [3.63, 3.8) is 0 Å². The summed E-state index contributed by atoms with van der Waals surface area (Å²) in [4.78, 5) is 21.1. The summed E-state index contributed by atoms with van der Waals surface area (Å²) in [5.74, 6) is 0.822. The van der Waals surface area contributed by atoms with Crippen LogP contribution in [0.15, 0.2) is 71.1 Å². The maximum Gasteiger partial charge on any atom is 0.342 e. The number of hydrogen-bond acceptors (Lipinski definition) is 5. The van der Waals surface area contributed by atoms with Crippen molar-refractivity contribution in [2.45, 2.75) is 32.9 Å². The third-order valence-electron chi connectivity index (χ3n) is 4.54. The normalized spacial score (nSPS) is 11.1. The van der Waals surface area contributed by atoms with Crippen LogP contribution in [0.1, 0.15) is 31.1 Å². The van der Waals surface area contributed by atoms with Gasteiger partial charge in [-0.3, -0.25) is 9.57 Å². The molecule has 4 rings (SSSR count). The van der Waals surface area contributed by atoms with Gasteiger partial charge in [-0.2, -0.15) is 9.99 Å². The average Bonchev–Trinajstić information content (AvgIpc) is 3.34. The molecule has 0 aliphatic heterocycles. The first-order valence-electron chi connectivity index (χ1n) is 9.65. The fourth-order valence-electron chi connectivity index (χ4n) is 3.17. The standard InChI is InChI=1S/C23H22N2O4/c1-2-8-22(26)29-27-16-18-13-14-21(28-18)23-19-11-6-7-12-20(19)25(24-23)15-17-9-4-3-5-10-17/h3-7,9-14H,2,8,15-16H2,1H3. The first-order chi connectivity index (χ1) is 14.2. The number of benzene rings is 2. The second kappa shape index (κ2) is 8.75. The molecule has 0 fully saturated rings. The van der Waals surface area contributed by atoms with Crippen LogP contribution in [0, 0.1) is 0 Å². The fraction of sp³-hybridized carbons (Fsp3) is 0.217. The number of furan rings is 1. The molecule has 6 nitrogen and oxygen atoms in total. The molecule has 0 saturated carbocycles. The summed E-state index contributed by atoms with van der Waals surface area (Å²) in [7, 11) is 0. The van der Waals surface area contributed by atoms with Gasteiger partial charge >= 0.3 is 5.97 Å². The highest BCUT2D eigenvalue weighted by Crippen LogP contribution is 2.30. The number of carbonyl (C=O) groups is 1. The lowest BCUT2D eigenvalue weighted by Crippen LogP contribution is -2.04. The van der Waals surface area contributed by atoms with E-state index in [-0.39, 0.29) is 12.6 Å². The van der Waals surface area contributed by atoms with Gasteiger partial charge in [0.15, 0.2) is 12.4 Å². The first kappa shape index (κ1) is 19.0. The fourth-order valence-corrected chi connectivity index (χ4v) is 3.17. The van der Waals surface area contributed by atoms with E-state index in [0.717, 1.165) is 16.6 Å². The van der Waals surface area contributed by atoms with Gasteiger partial charge in [0.2, 0.25) is 0 Å². The largest absolute Gasteiger partial charge is 0.457 e. The summed E-state index contributed by atoms with van der Waals surface area (Å²) in [6, 6.07) is 21.9. The van der Waals surface area contributed by atoms with Crippen LogP contribution in [0.5, 0.6) is 0 Å². The Morgan fingerprint density at radius 1 is 1.03 bits per heavy atom. The van der Waals surface area contributed by atoms with Crippen LogP contribution in [-0.4, -0.2) is 15.7 Å². The lowest BCUT2D eigenvalue weighted by Gasteiger charge is -2.03. The Morgan fingerprint density at radius 3 is 2.66 bits per heavy atom. The van der Waals surface area contributed by atoms with Crippen molar-refractivity contribution in [1.29, 1.82) is 0 Å². The molecule has 2 aromatic heterocycles. The molecule has 0 atom stereocenters. The molecule has 148 valence electrons. The molecular weight excluding hydrogens is 368 g/mol. The molecule has 0 N–H and O–H groups in total. The third kappa shape index (κ3) is 4.38. The quantitative estimate of drug-likeness (QED) is 0.309. The van der Waals surface area contributed by atoms with Crippen LogP contribution in [0.2, 0.25) is 0 Å². The van der Waals surface area contributed by atoms with Crippen molar-refractivity contribution in [3.8, 4) is 11.5 Å². The first-order valence-corrected chi connectivity index (χ1v) is 9.65. The lowest BCUT2D eigenvalue weighted by atomic mass is 10.2. The van der Waals surface area contributed by atoms with Gasteiger partial charge in [0.05, 0.1) is 12.1 Å². The molecule has 2 heterocycles. The molecule has 29 heavy (non-hydrogen) atoms. The summed E-state index contributed by atoms with van der Waals surface area (Å²) in [6.07, 6.45) is 1.04. The predicted molar refractivity (Wildman–Crippen MR) is 109 cm³/mol. The third-order valence-corrected chi connectivity index (χ3v) is 4.54. The molecule has 4 aromatic rings. The maximum atomic E-state index is 11.4. The highest BCUT2D eigenvalue weighted by Gasteiger charge is 2.16. The van der Waals surface area contributed by atoms with Crippen LogP contribution >= 0.6 is 0 Å². The molecule has 2 aromatic carbocycles. The van der Waals surface area contributed by atoms with Crippen LogP contribution < -0.4 is 0 Å². The van der Waals surface area contributed by atoms with Gasteiger partial charge in [-0.15, -0.1) is 0 Å². The highest BCUT2D eigenvalue weighted by molar-refractivity contribution is 5.92. The summed E-state index contributed by atoms with van der Waals surface area (Å²) < 4.78 is 7.87. The minimum atomic E-state index is -0.384. The van der Waals surface area contributed by atoms with E-state index in [2.05, 4.69) is 18.2 Å². The smallest absolute Gasteiger partial charge is 0.342 e. The van der Waals surface area contributed by atoms with Crippen molar-refractivity contribution in [1.82, 2.24) is 9.78 Å². The predicted octanol–water partition coefficient (Wildman–Crippen LogP) is 5.12. The maximum absolute atomic E-state index is 11.4. The zero-order valence-corrected chi connectivity index (χ0v) is 16.2. The molecule has 0 unspecified atom stereocenters. The molecule has 0 radical (unpaired) electrons. The zero-order valence-electron chi connectivity index (χ0n) is 16.2. The molecule has 0 aliphatic carbocycles. The molecule has 0 aliphatic rings. The van der Waals surface area contributed by atoms with Gasteiger partial charge in [-0.05, 0) is 30.2 Å². The van der Waals surface area contributed by atoms with Crippen LogP contribution in [0.25, 0.3) is 22.4 Å². The van der Waals surface area contributed by atoms with Crippen molar-refractivity contribution < 1.29 is 19.0 Å². The Bertz CT molecular complexity index is 1100. The SMILES string of the molecule is CCCC(=O)OOCc1ccc(-c2nn(Cc3ccccc3)c3ccccc23)o1. The van der Waals surface area contributed by atoms with E-state index in [1.54, 1.807) is 6.07 Å². The average molecular weight is 390 g/mol. The van der Waals surface area contributed by atoms with Gasteiger partial charge in [-0.1, -0.05) is 55.5 Å². The summed E-state index contributed by atoms with van der Waals surface area (Å²) >= 11 is 0. The Hall–Kier alpha value is -3.38. The highest BCUT2D eigenvalue weighted by atomic mass is 17.2. The van der Waals surface area contributed by atoms with Crippen molar-refractivity contribution in [2.24, 2.45) is 0 Å². The van der Waals surface area contributed by atoms with E-state index in [1.807, 2.05) is 54.1 Å². The lowest BCUT2D eigenvalue weighted by molar-refractivity contribution is -0.281. The molecule has 6 heteroatoms. The number of hydrogen-bond donors (Lipinski definition) is 0. The van der Waals surface area contributed by atoms with Crippen molar-refractivity contribution in [3.05, 3.63) is 78.1 Å². The van der Waals surface area contributed by atoms with Gasteiger partial charge in [0.1, 0.15) is 11.5 Å². The number of para-hydroxylation sites is 1. The van der Waals surface area contributed by atoms with Gasteiger partial charge in [0.25, 0.3) is 0 Å².